The van der Waals surface area contributed by atoms with E-state index in [1.807, 2.05) is 0 Å². The van der Waals surface area contributed by atoms with Crippen LogP contribution in [0.25, 0.3) is 0 Å². The minimum absolute atomic E-state index is 0.417. The summed E-state index contributed by atoms with van der Waals surface area (Å²) in [6, 6.07) is 0.888. The Labute approximate surface area is 113 Å². The van der Waals surface area contributed by atoms with Gasteiger partial charge in [0.15, 0.2) is 0 Å². The molecule has 0 saturated carbocycles. The molecule has 1 fully saturated rings. The maximum atomic E-state index is 5.98. The number of nitrogens with two attached hydrogens (primary N) is 1. The Hall–Kier alpha value is -1.40. The van der Waals surface area contributed by atoms with Crippen molar-refractivity contribution in [3.05, 3.63) is 11.3 Å². The molecule has 0 radical (unpaired) electrons. The van der Waals surface area contributed by atoms with Crippen LogP contribution in [0.4, 0.5) is 5.82 Å². The molecule has 19 heavy (non-hydrogen) atoms. The summed E-state index contributed by atoms with van der Waals surface area (Å²) < 4.78 is 5.74. The minimum Gasteiger partial charge on any atom is -0.462 e. The number of aromatic nitrogens is 2. The zero-order chi connectivity index (χ0) is 13.2. The van der Waals surface area contributed by atoms with Crippen LogP contribution in [0.5, 0.6) is 6.01 Å². The molecule has 1 aromatic heterocycles. The standard InChI is InChI=1S/C13H21N5O/c1-18-6-2-3-9(18)8-19-13-16-11-7-15-5-4-10(11)12(14)17-13/h9,15H,2-8H2,1H3,(H2,14,16,17)/t9-/m0/s1. The molecule has 0 bridgehead atoms. The molecular weight excluding hydrogens is 242 g/mol. The van der Waals surface area contributed by atoms with Gasteiger partial charge in [0.2, 0.25) is 0 Å². The predicted octanol–water partition coefficient (Wildman–Crippen LogP) is 0.178. The Morgan fingerprint density at radius 3 is 3.16 bits per heavy atom. The van der Waals surface area contributed by atoms with Gasteiger partial charge >= 0.3 is 6.01 Å². The Morgan fingerprint density at radius 1 is 1.47 bits per heavy atom. The number of fused-ring (bicyclic) bond motifs is 1. The molecule has 0 spiro atoms. The van der Waals surface area contributed by atoms with Gasteiger partial charge in [-0.15, -0.1) is 0 Å². The first-order valence-electron chi connectivity index (χ1n) is 6.93. The lowest BCUT2D eigenvalue weighted by Crippen LogP contribution is -2.31. The summed E-state index contributed by atoms with van der Waals surface area (Å²) in [4.78, 5) is 11.1. The van der Waals surface area contributed by atoms with E-state index in [1.54, 1.807) is 0 Å². The quantitative estimate of drug-likeness (QED) is 0.810. The third-order valence-corrected chi connectivity index (χ3v) is 4.02. The summed E-state index contributed by atoms with van der Waals surface area (Å²) >= 11 is 0. The van der Waals surface area contributed by atoms with Gasteiger partial charge in [0.25, 0.3) is 0 Å². The second-order valence-corrected chi connectivity index (χ2v) is 5.33. The maximum absolute atomic E-state index is 5.98. The summed E-state index contributed by atoms with van der Waals surface area (Å²) in [6.45, 7) is 3.47. The molecule has 0 unspecified atom stereocenters. The fraction of sp³-hybridized carbons (Fsp3) is 0.692. The van der Waals surface area contributed by atoms with Crippen molar-refractivity contribution in [2.75, 3.05) is 32.5 Å². The Balaban J connectivity index is 1.69. The molecule has 104 valence electrons. The smallest absolute Gasteiger partial charge is 0.318 e. The van der Waals surface area contributed by atoms with Crippen molar-refractivity contribution in [2.24, 2.45) is 0 Å². The van der Waals surface area contributed by atoms with Crippen molar-refractivity contribution >= 4 is 5.82 Å². The van der Waals surface area contributed by atoms with Crippen LogP contribution in [0.2, 0.25) is 0 Å². The average Bonchev–Trinajstić information content (AvgIpc) is 2.82. The number of rotatable bonds is 3. The summed E-state index contributed by atoms with van der Waals surface area (Å²) in [5.41, 5.74) is 8.04. The number of nitrogens with one attached hydrogen (secondary N) is 1. The molecule has 0 amide bonds. The van der Waals surface area contributed by atoms with Gasteiger partial charge in [0.1, 0.15) is 12.4 Å². The van der Waals surface area contributed by atoms with E-state index in [0.29, 0.717) is 24.5 Å². The first-order chi connectivity index (χ1) is 9.24. The molecule has 1 atom stereocenters. The number of nitrogen functional groups attached to an aromatic ring is 1. The number of nitrogens with zero attached hydrogens (tertiary/aromatic N) is 3. The number of likely N-dealkylation sites (N-methyl/N-ethyl adjacent to an activating group) is 1. The molecule has 0 aromatic carbocycles. The highest BCUT2D eigenvalue weighted by Crippen LogP contribution is 2.21. The minimum atomic E-state index is 0.417. The number of ether oxygens (including phenoxy) is 1. The van der Waals surface area contributed by atoms with Crippen molar-refractivity contribution in [3.8, 4) is 6.01 Å². The summed E-state index contributed by atoms with van der Waals surface area (Å²) in [5, 5.41) is 3.29. The van der Waals surface area contributed by atoms with Gasteiger partial charge < -0.3 is 20.7 Å². The third kappa shape index (κ3) is 2.64. The summed E-state index contributed by atoms with van der Waals surface area (Å²) in [6.07, 6.45) is 3.31. The number of anilines is 1. The van der Waals surface area contributed by atoms with E-state index in [1.165, 1.54) is 12.8 Å². The largest absolute Gasteiger partial charge is 0.462 e. The summed E-state index contributed by atoms with van der Waals surface area (Å²) in [7, 11) is 2.13. The maximum Gasteiger partial charge on any atom is 0.318 e. The van der Waals surface area contributed by atoms with E-state index < -0.39 is 0 Å². The van der Waals surface area contributed by atoms with Crippen molar-refractivity contribution in [1.29, 1.82) is 0 Å². The van der Waals surface area contributed by atoms with Crippen LogP contribution in [0, 0.1) is 0 Å². The molecule has 1 saturated heterocycles. The fourth-order valence-electron chi connectivity index (χ4n) is 2.79. The van der Waals surface area contributed by atoms with Crippen LogP contribution in [0.3, 0.4) is 0 Å². The van der Waals surface area contributed by atoms with E-state index in [2.05, 4.69) is 27.2 Å². The lowest BCUT2D eigenvalue weighted by Gasteiger charge is -2.21. The van der Waals surface area contributed by atoms with Gasteiger partial charge in [0, 0.05) is 18.2 Å². The van der Waals surface area contributed by atoms with Gasteiger partial charge in [-0.3, -0.25) is 0 Å². The van der Waals surface area contributed by atoms with Crippen LogP contribution in [-0.4, -0.2) is 47.7 Å². The SMILES string of the molecule is CN1CCC[C@H]1COc1nc(N)c2c(n1)CNCC2. The predicted molar refractivity (Wildman–Crippen MR) is 73.0 cm³/mol. The van der Waals surface area contributed by atoms with Crippen LogP contribution in [-0.2, 0) is 13.0 Å². The highest BCUT2D eigenvalue weighted by molar-refractivity contribution is 5.44. The first-order valence-corrected chi connectivity index (χ1v) is 6.93. The number of hydrogen-bond donors (Lipinski definition) is 2. The van der Waals surface area contributed by atoms with E-state index in [-0.39, 0.29) is 0 Å². The van der Waals surface area contributed by atoms with E-state index >= 15 is 0 Å². The normalized spacial score (nSPS) is 23.3. The van der Waals surface area contributed by atoms with Crippen LogP contribution >= 0.6 is 0 Å². The molecule has 2 aliphatic heterocycles. The number of hydrogen-bond acceptors (Lipinski definition) is 6. The molecule has 1 aromatic rings. The Kier molecular flexibility index (Phi) is 3.52. The zero-order valence-electron chi connectivity index (χ0n) is 11.4. The summed E-state index contributed by atoms with van der Waals surface area (Å²) in [5.74, 6) is 0.571. The fourth-order valence-corrected chi connectivity index (χ4v) is 2.79. The third-order valence-electron chi connectivity index (χ3n) is 4.02. The molecule has 3 heterocycles. The molecule has 3 rings (SSSR count). The van der Waals surface area contributed by atoms with Crippen molar-refractivity contribution < 1.29 is 4.74 Å². The van der Waals surface area contributed by atoms with E-state index in [9.17, 15) is 0 Å². The van der Waals surface area contributed by atoms with Crippen LogP contribution in [0.15, 0.2) is 0 Å². The first kappa shape index (κ1) is 12.6. The van der Waals surface area contributed by atoms with E-state index in [4.69, 9.17) is 10.5 Å². The highest BCUT2D eigenvalue weighted by atomic mass is 16.5. The molecule has 6 nitrogen and oxygen atoms in total. The molecular formula is C13H21N5O. The monoisotopic (exact) mass is 263 g/mol. The molecule has 3 N–H and O–H groups in total. The van der Waals surface area contributed by atoms with Crippen molar-refractivity contribution in [1.82, 2.24) is 20.2 Å². The Bertz CT molecular complexity index is 465. The lowest BCUT2D eigenvalue weighted by atomic mass is 10.1. The molecule has 2 aliphatic rings. The van der Waals surface area contributed by atoms with Crippen molar-refractivity contribution in [2.45, 2.75) is 31.8 Å². The van der Waals surface area contributed by atoms with Gasteiger partial charge in [0.05, 0.1) is 5.69 Å². The van der Waals surface area contributed by atoms with Gasteiger partial charge in [-0.25, -0.2) is 0 Å². The Morgan fingerprint density at radius 2 is 2.37 bits per heavy atom. The second kappa shape index (κ2) is 5.30. The topological polar surface area (TPSA) is 76.3 Å². The van der Waals surface area contributed by atoms with Crippen molar-refractivity contribution in [3.63, 3.8) is 0 Å². The lowest BCUT2D eigenvalue weighted by molar-refractivity contribution is 0.187. The molecule has 6 heteroatoms. The average molecular weight is 263 g/mol. The molecule has 0 aliphatic carbocycles. The highest BCUT2D eigenvalue weighted by Gasteiger charge is 2.22. The number of likely N-dealkylation sites (tertiary alicyclic amines) is 1. The second-order valence-electron chi connectivity index (χ2n) is 5.33. The van der Waals surface area contributed by atoms with Gasteiger partial charge in [-0.05, 0) is 39.4 Å². The van der Waals surface area contributed by atoms with E-state index in [0.717, 1.165) is 37.3 Å². The van der Waals surface area contributed by atoms with Gasteiger partial charge in [-0.1, -0.05) is 0 Å². The van der Waals surface area contributed by atoms with Gasteiger partial charge in [-0.2, -0.15) is 9.97 Å². The zero-order valence-corrected chi connectivity index (χ0v) is 11.4. The van der Waals surface area contributed by atoms with Crippen LogP contribution in [0.1, 0.15) is 24.1 Å². The van der Waals surface area contributed by atoms with Crippen LogP contribution < -0.4 is 15.8 Å².